The van der Waals surface area contributed by atoms with Crippen LogP contribution in [0.25, 0.3) is 0 Å². The van der Waals surface area contributed by atoms with Gasteiger partial charge in [-0.2, -0.15) is 0 Å². The summed E-state index contributed by atoms with van der Waals surface area (Å²) < 4.78 is 5.88. The summed E-state index contributed by atoms with van der Waals surface area (Å²) in [4.78, 5) is 2.41. The molecule has 2 N–H and O–H groups in total. The fourth-order valence-electron chi connectivity index (χ4n) is 2.54. The van der Waals surface area contributed by atoms with Crippen LogP contribution in [0.15, 0.2) is 18.2 Å². The second kappa shape index (κ2) is 6.10. The highest BCUT2D eigenvalue weighted by atomic mass is 16.5. The number of aryl methyl sites for hydroxylation is 1. The Balaban J connectivity index is 2.05. The van der Waals surface area contributed by atoms with E-state index in [0.717, 1.165) is 31.8 Å². The lowest BCUT2D eigenvalue weighted by Crippen LogP contribution is -2.40. The van der Waals surface area contributed by atoms with Gasteiger partial charge in [-0.25, -0.2) is 0 Å². The van der Waals surface area contributed by atoms with Crippen molar-refractivity contribution in [1.82, 2.24) is 0 Å². The van der Waals surface area contributed by atoms with Crippen molar-refractivity contribution in [2.75, 3.05) is 30.3 Å². The molecule has 0 spiro atoms. The number of nitrogens with zero attached hydrogens (tertiary/aromatic N) is 1. The van der Waals surface area contributed by atoms with E-state index in [-0.39, 0.29) is 0 Å². The summed E-state index contributed by atoms with van der Waals surface area (Å²) in [5, 5.41) is 0. The third-order valence-electron chi connectivity index (χ3n) is 3.51. The maximum absolute atomic E-state index is 5.89. The molecule has 1 fully saturated rings. The Kier molecular flexibility index (Phi) is 4.48. The van der Waals surface area contributed by atoms with E-state index in [1.54, 1.807) is 0 Å². The molecule has 1 saturated heterocycles. The molecule has 0 aromatic heterocycles. The molecular weight excluding hydrogens is 224 g/mol. The summed E-state index contributed by atoms with van der Waals surface area (Å²) >= 11 is 0. The van der Waals surface area contributed by atoms with Gasteiger partial charge >= 0.3 is 0 Å². The van der Waals surface area contributed by atoms with Crippen LogP contribution in [0.4, 0.5) is 11.4 Å². The minimum atomic E-state index is 0.375. The van der Waals surface area contributed by atoms with E-state index in [9.17, 15) is 0 Å². The zero-order valence-corrected chi connectivity index (χ0v) is 11.5. The lowest BCUT2D eigenvalue weighted by atomic mass is 10.1. The van der Waals surface area contributed by atoms with E-state index in [1.165, 1.54) is 24.1 Å². The SMILES string of the molecule is CCCOC1CCCN(c2cc(N)ccc2C)C1. The first kappa shape index (κ1) is 13.2. The van der Waals surface area contributed by atoms with Crippen molar-refractivity contribution in [3.8, 4) is 0 Å². The number of piperidine rings is 1. The quantitative estimate of drug-likeness (QED) is 0.833. The maximum Gasteiger partial charge on any atom is 0.0750 e. The molecule has 0 amide bonds. The van der Waals surface area contributed by atoms with Gasteiger partial charge in [-0.15, -0.1) is 0 Å². The highest BCUT2D eigenvalue weighted by Gasteiger charge is 2.21. The van der Waals surface area contributed by atoms with Crippen LogP contribution in [0.2, 0.25) is 0 Å². The Morgan fingerprint density at radius 1 is 1.44 bits per heavy atom. The van der Waals surface area contributed by atoms with Crippen molar-refractivity contribution in [3.63, 3.8) is 0 Å². The smallest absolute Gasteiger partial charge is 0.0750 e. The first-order chi connectivity index (χ1) is 8.70. The zero-order valence-electron chi connectivity index (χ0n) is 11.5. The average molecular weight is 248 g/mol. The fraction of sp³-hybridized carbons (Fsp3) is 0.600. The van der Waals surface area contributed by atoms with Crippen molar-refractivity contribution in [1.29, 1.82) is 0 Å². The molecule has 0 bridgehead atoms. The van der Waals surface area contributed by atoms with Gasteiger partial charge in [-0.3, -0.25) is 0 Å². The molecular formula is C15H24N2O. The lowest BCUT2D eigenvalue weighted by molar-refractivity contribution is 0.0440. The third kappa shape index (κ3) is 3.16. The molecule has 1 aliphatic heterocycles. The van der Waals surface area contributed by atoms with Crippen LogP contribution in [0, 0.1) is 6.92 Å². The Bertz CT molecular complexity index is 392. The topological polar surface area (TPSA) is 38.5 Å². The van der Waals surface area contributed by atoms with Crippen molar-refractivity contribution in [3.05, 3.63) is 23.8 Å². The van der Waals surface area contributed by atoms with Gasteiger partial charge in [-0.05, 0) is 43.9 Å². The molecule has 0 aliphatic carbocycles. The Morgan fingerprint density at radius 2 is 2.28 bits per heavy atom. The molecule has 3 nitrogen and oxygen atoms in total. The summed E-state index contributed by atoms with van der Waals surface area (Å²) in [5.74, 6) is 0. The minimum absolute atomic E-state index is 0.375. The van der Waals surface area contributed by atoms with Gasteiger partial charge < -0.3 is 15.4 Å². The van der Waals surface area contributed by atoms with Gasteiger partial charge in [0.05, 0.1) is 6.10 Å². The van der Waals surface area contributed by atoms with E-state index in [1.807, 2.05) is 6.07 Å². The number of ether oxygens (including phenoxy) is 1. The van der Waals surface area contributed by atoms with E-state index in [2.05, 4.69) is 30.9 Å². The predicted molar refractivity (Wildman–Crippen MR) is 77.1 cm³/mol. The zero-order chi connectivity index (χ0) is 13.0. The highest BCUT2D eigenvalue weighted by molar-refractivity contribution is 5.61. The number of anilines is 2. The van der Waals surface area contributed by atoms with Gasteiger partial charge in [0, 0.05) is 31.1 Å². The van der Waals surface area contributed by atoms with Crippen LogP contribution in [0.3, 0.4) is 0 Å². The number of hydrogen-bond donors (Lipinski definition) is 1. The second-order valence-electron chi connectivity index (χ2n) is 5.13. The molecule has 1 aromatic rings. The van der Waals surface area contributed by atoms with Crippen LogP contribution < -0.4 is 10.6 Å². The summed E-state index contributed by atoms with van der Waals surface area (Å²) in [6.07, 6.45) is 3.84. The Labute approximate surface area is 110 Å². The number of rotatable bonds is 4. The maximum atomic E-state index is 5.89. The van der Waals surface area contributed by atoms with Crippen LogP contribution in [0.5, 0.6) is 0 Å². The number of nitrogen functional groups attached to an aromatic ring is 1. The number of hydrogen-bond acceptors (Lipinski definition) is 3. The van der Waals surface area contributed by atoms with Gasteiger partial charge in [0.25, 0.3) is 0 Å². The molecule has 1 aliphatic rings. The normalized spacial score (nSPS) is 20.1. The molecule has 18 heavy (non-hydrogen) atoms. The predicted octanol–water partition coefficient (Wildman–Crippen LogP) is 2.97. The van der Waals surface area contributed by atoms with Crippen LogP contribution in [-0.2, 0) is 4.74 Å². The minimum Gasteiger partial charge on any atom is -0.399 e. The van der Waals surface area contributed by atoms with Crippen LogP contribution in [0.1, 0.15) is 31.7 Å². The van der Waals surface area contributed by atoms with E-state index >= 15 is 0 Å². The molecule has 0 saturated carbocycles. The number of nitrogens with two attached hydrogens (primary N) is 1. The molecule has 2 rings (SSSR count). The van der Waals surface area contributed by atoms with Crippen molar-refractivity contribution < 1.29 is 4.74 Å². The van der Waals surface area contributed by atoms with Gasteiger partial charge in [0.2, 0.25) is 0 Å². The molecule has 1 aromatic carbocycles. The first-order valence-corrected chi connectivity index (χ1v) is 6.93. The van der Waals surface area contributed by atoms with Gasteiger partial charge in [0.15, 0.2) is 0 Å². The van der Waals surface area contributed by atoms with Crippen molar-refractivity contribution in [2.24, 2.45) is 0 Å². The van der Waals surface area contributed by atoms with Crippen molar-refractivity contribution >= 4 is 11.4 Å². The molecule has 3 heteroatoms. The lowest BCUT2D eigenvalue weighted by Gasteiger charge is -2.35. The van der Waals surface area contributed by atoms with Gasteiger partial charge in [0.1, 0.15) is 0 Å². The number of benzene rings is 1. The van der Waals surface area contributed by atoms with E-state index in [0.29, 0.717) is 6.10 Å². The molecule has 1 heterocycles. The summed E-state index contributed by atoms with van der Waals surface area (Å²) in [6, 6.07) is 6.15. The van der Waals surface area contributed by atoms with Crippen molar-refractivity contribution in [2.45, 2.75) is 39.2 Å². The molecule has 0 radical (unpaired) electrons. The summed E-state index contributed by atoms with van der Waals surface area (Å²) in [5.41, 5.74) is 9.29. The molecule has 1 atom stereocenters. The second-order valence-corrected chi connectivity index (χ2v) is 5.13. The van der Waals surface area contributed by atoms with E-state index < -0.39 is 0 Å². The molecule has 1 unspecified atom stereocenters. The largest absolute Gasteiger partial charge is 0.399 e. The van der Waals surface area contributed by atoms with Crippen LogP contribution in [-0.4, -0.2) is 25.8 Å². The summed E-state index contributed by atoms with van der Waals surface area (Å²) in [6.45, 7) is 7.27. The Morgan fingerprint density at radius 3 is 3.06 bits per heavy atom. The van der Waals surface area contributed by atoms with Crippen LogP contribution >= 0.6 is 0 Å². The summed E-state index contributed by atoms with van der Waals surface area (Å²) in [7, 11) is 0. The van der Waals surface area contributed by atoms with E-state index in [4.69, 9.17) is 10.5 Å². The van der Waals surface area contributed by atoms with Gasteiger partial charge in [-0.1, -0.05) is 13.0 Å². The highest BCUT2D eigenvalue weighted by Crippen LogP contribution is 2.26. The standard InChI is InChI=1S/C15H24N2O/c1-3-9-18-14-5-4-8-17(11-14)15-10-13(16)7-6-12(15)2/h6-7,10,14H,3-5,8-9,11,16H2,1-2H3. The Hall–Kier alpha value is -1.22. The third-order valence-corrected chi connectivity index (χ3v) is 3.51. The average Bonchev–Trinajstić information content (AvgIpc) is 2.39. The monoisotopic (exact) mass is 248 g/mol. The molecule has 100 valence electrons. The first-order valence-electron chi connectivity index (χ1n) is 6.93. The fourth-order valence-corrected chi connectivity index (χ4v) is 2.54.